The highest BCUT2D eigenvalue weighted by molar-refractivity contribution is 7.99. The monoisotopic (exact) mass is 280 g/mol. The van der Waals surface area contributed by atoms with Gasteiger partial charge in [0.05, 0.1) is 5.92 Å². The molecule has 0 saturated carbocycles. The number of carbonyl (C=O) groups is 1. The summed E-state index contributed by atoms with van der Waals surface area (Å²) in [4.78, 5) is 15.6. The summed E-state index contributed by atoms with van der Waals surface area (Å²) in [5.74, 6) is 3.59. The van der Waals surface area contributed by atoms with Crippen LogP contribution < -0.4 is 0 Å². The van der Waals surface area contributed by atoms with Gasteiger partial charge < -0.3 is 9.67 Å². The van der Waals surface area contributed by atoms with Gasteiger partial charge >= 0.3 is 5.97 Å². The molecule has 2 aliphatic rings. The summed E-state index contributed by atoms with van der Waals surface area (Å²) < 4.78 is 2.26. The second-order valence-corrected chi connectivity index (χ2v) is 6.78. The third kappa shape index (κ3) is 2.81. The molecule has 1 N–H and O–H groups in total. The fourth-order valence-corrected chi connectivity index (χ4v) is 4.28. The normalized spacial score (nSPS) is 26.9. The summed E-state index contributed by atoms with van der Waals surface area (Å²) in [6.07, 6.45) is 6.97. The first-order valence-electron chi connectivity index (χ1n) is 7.08. The number of fused-ring (bicyclic) bond motifs is 1. The molecule has 3 heterocycles. The predicted molar refractivity (Wildman–Crippen MR) is 75.4 cm³/mol. The number of aromatic nitrogens is 2. The molecule has 0 spiro atoms. The van der Waals surface area contributed by atoms with Crippen LogP contribution in [0.2, 0.25) is 0 Å². The van der Waals surface area contributed by atoms with E-state index in [0.29, 0.717) is 6.42 Å². The summed E-state index contributed by atoms with van der Waals surface area (Å²) >= 11 is 2.05. The molecular weight excluding hydrogens is 260 g/mol. The van der Waals surface area contributed by atoms with Crippen LogP contribution in [0.15, 0.2) is 6.20 Å². The Bertz CT molecular complexity index is 466. The molecule has 104 valence electrons. The van der Waals surface area contributed by atoms with Crippen LogP contribution in [0.5, 0.6) is 0 Å². The Kier molecular flexibility index (Phi) is 3.82. The van der Waals surface area contributed by atoms with Gasteiger partial charge in [-0.15, -0.1) is 0 Å². The van der Waals surface area contributed by atoms with E-state index in [-0.39, 0.29) is 5.92 Å². The van der Waals surface area contributed by atoms with Crippen LogP contribution in [0.3, 0.4) is 0 Å². The number of carboxylic acid groups (broad SMARTS) is 1. The highest BCUT2D eigenvalue weighted by Crippen LogP contribution is 2.28. The van der Waals surface area contributed by atoms with Crippen LogP contribution in [0, 0.1) is 11.8 Å². The summed E-state index contributed by atoms with van der Waals surface area (Å²) in [5.41, 5.74) is 1.11. The average molecular weight is 280 g/mol. The highest BCUT2D eigenvalue weighted by Gasteiger charge is 2.27. The SMILES string of the molecule is O=C(O)C1CCn2c(cnc2CC2CCCSC2)C1. The van der Waals surface area contributed by atoms with Gasteiger partial charge in [-0.3, -0.25) is 4.79 Å². The van der Waals surface area contributed by atoms with E-state index in [1.165, 1.54) is 30.2 Å². The van der Waals surface area contributed by atoms with Crippen molar-refractivity contribution in [3.63, 3.8) is 0 Å². The minimum atomic E-state index is -0.669. The zero-order valence-corrected chi connectivity index (χ0v) is 11.9. The third-order valence-electron chi connectivity index (χ3n) is 4.25. The Morgan fingerprint density at radius 3 is 3.16 bits per heavy atom. The molecule has 3 rings (SSSR count). The Morgan fingerprint density at radius 2 is 2.42 bits per heavy atom. The Hall–Kier alpha value is -0.970. The van der Waals surface area contributed by atoms with Crippen molar-refractivity contribution < 1.29 is 9.90 Å². The van der Waals surface area contributed by atoms with Crippen LogP contribution in [0.25, 0.3) is 0 Å². The first kappa shape index (κ1) is 13.0. The van der Waals surface area contributed by atoms with E-state index in [9.17, 15) is 4.79 Å². The van der Waals surface area contributed by atoms with E-state index in [0.717, 1.165) is 31.0 Å². The van der Waals surface area contributed by atoms with Gasteiger partial charge in [-0.25, -0.2) is 4.98 Å². The van der Waals surface area contributed by atoms with Crippen molar-refractivity contribution in [3.8, 4) is 0 Å². The molecule has 4 nitrogen and oxygen atoms in total. The lowest BCUT2D eigenvalue weighted by molar-refractivity contribution is -0.142. The summed E-state index contributed by atoms with van der Waals surface area (Å²) in [6.45, 7) is 0.821. The van der Waals surface area contributed by atoms with Crippen molar-refractivity contribution in [2.24, 2.45) is 11.8 Å². The van der Waals surface area contributed by atoms with E-state index in [1.807, 2.05) is 6.20 Å². The molecule has 1 aromatic rings. The van der Waals surface area contributed by atoms with E-state index in [1.54, 1.807) is 0 Å². The third-order valence-corrected chi connectivity index (χ3v) is 5.54. The fraction of sp³-hybridized carbons (Fsp3) is 0.714. The van der Waals surface area contributed by atoms with Crippen LogP contribution in [0.4, 0.5) is 0 Å². The average Bonchev–Trinajstić information content (AvgIpc) is 2.82. The van der Waals surface area contributed by atoms with Crippen molar-refractivity contribution in [1.29, 1.82) is 0 Å². The summed E-state index contributed by atoms with van der Waals surface area (Å²) in [5, 5.41) is 9.10. The van der Waals surface area contributed by atoms with E-state index >= 15 is 0 Å². The first-order valence-corrected chi connectivity index (χ1v) is 8.23. The molecule has 0 aromatic carbocycles. The topological polar surface area (TPSA) is 55.1 Å². The maximum atomic E-state index is 11.1. The van der Waals surface area contributed by atoms with Crippen LogP contribution in [-0.4, -0.2) is 32.1 Å². The van der Waals surface area contributed by atoms with E-state index in [2.05, 4.69) is 21.3 Å². The Balaban J connectivity index is 1.70. The van der Waals surface area contributed by atoms with Crippen molar-refractivity contribution in [1.82, 2.24) is 9.55 Å². The molecule has 2 atom stereocenters. The second-order valence-electron chi connectivity index (χ2n) is 5.63. The molecule has 2 unspecified atom stereocenters. The number of carboxylic acids is 1. The first-order chi connectivity index (χ1) is 9.24. The maximum absolute atomic E-state index is 11.1. The quantitative estimate of drug-likeness (QED) is 0.922. The van der Waals surface area contributed by atoms with Crippen molar-refractivity contribution in [2.45, 2.75) is 38.6 Å². The van der Waals surface area contributed by atoms with Crippen LogP contribution in [-0.2, 0) is 24.2 Å². The fourth-order valence-electron chi connectivity index (χ4n) is 3.13. The molecule has 1 aromatic heterocycles. The molecule has 0 amide bonds. The molecule has 0 aliphatic carbocycles. The summed E-state index contributed by atoms with van der Waals surface area (Å²) in [7, 11) is 0. The number of nitrogens with zero attached hydrogens (tertiary/aromatic N) is 2. The molecular formula is C14H20N2O2S. The smallest absolute Gasteiger partial charge is 0.306 e. The van der Waals surface area contributed by atoms with Crippen LogP contribution in [0.1, 0.15) is 30.8 Å². The highest BCUT2D eigenvalue weighted by atomic mass is 32.2. The van der Waals surface area contributed by atoms with Gasteiger partial charge in [0.2, 0.25) is 0 Å². The van der Waals surface area contributed by atoms with Gasteiger partial charge in [0.1, 0.15) is 5.82 Å². The standard InChI is InChI=1S/C14H20N2O2S/c17-14(18)11-3-4-16-12(7-11)8-15-13(16)6-10-2-1-5-19-9-10/h8,10-11H,1-7,9H2,(H,17,18). The number of hydrogen-bond donors (Lipinski definition) is 1. The lowest BCUT2D eigenvalue weighted by Gasteiger charge is -2.24. The largest absolute Gasteiger partial charge is 0.481 e. The van der Waals surface area contributed by atoms with Gasteiger partial charge in [-0.2, -0.15) is 11.8 Å². The van der Waals surface area contributed by atoms with E-state index in [4.69, 9.17) is 5.11 Å². The maximum Gasteiger partial charge on any atom is 0.306 e. The molecule has 0 bridgehead atoms. The Morgan fingerprint density at radius 1 is 1.53 bits per heavy atom. The number of hydrogen-bond acceptors (Lipinski definition) is 3. The number of imidazole rings is 1. The molecule has 1 fully saturated rings. The van der Waals surface area contributed by atoms with Gasteiger partial charge in [-0.05, 0) is 36.7 Å². The van der Waals surface area contributed by atoms with Gasteiger partial charge in [0, 0.05) is 31.3 Å². The zero-order valence-electron chi connectivity index (χ0n) is 11.0. The summed E-state index contributed by atoms with van der Waals surface area (Å²) in [6, 6.07) is 0. The molecule has 0 radical (unpaired) electrons. The van der Waals surface area contributed by atoms with Gasteiger partial charge in [0.25, 0.3) is 0 Å². The molecule has 1 saturated heterocycles. The molecule has 5 heteroatoms. The van der Waals surface area contributed by atoms with E-state index < -0.39 is 5.97 Å². The van der Waals surface area contributed by atoms with Gasteiger partial charge in [0.15, 0.2) is 0 Å². The minimum Gasteiger partial charge on any atom is -0.481 e. The number of thioether (sulfide) groups is 1. The minimum absolute atomic E-state index is 0.220. The second kappa shape index (κ2) is 5.57. The predicted octanol–water partition coefficient (Wildman–Crippen LogP) is 2.22. The lowest BCUT2D eigenvalue weighted by Crippen LogP contribution is -2.26. The van der Waals surface area contributed by atoms with Crippen molar-refractivity contribution in [3.05, 3.63) is 17.7 Å². The number of aliphatic carboxylic acids is 1. The molecule has 19 heavy (non-hydrogen) atoms. The number of rotatable bonds is 3. The zero-order chi connectivity index (χ0) is 13.2. The van der Waals surface area contributed by atoms with Gasteiger partial charge in [-0.1, -0.05) is 0 Å². The molecule has 2 aliphatic heterocycles. The van der Waals surface area contributed by atoms with Crippen molar-refractivity contribution in [2.75, 3.05) is 11.5 Å². The Labute approximate surface area is 117 Å². The lowest BCUT2D eigenvalue weighted by atomic mass is 9.96. The van der Waals surface area contributed by atoms with Crippen molar-refractivity contribution >= 4 is 17.7 Å². The van der Waals surface area contributed by atoms with Crippen LogP contribution >= 0.6 is 11.8 Å².